The number of carboxylic acids is 1. The first kappa shape index (κ1) is 19.5. The van der Waals surface area contributed by atoms with Gasteiger partial charge >= 0.3 is 5.97 Å². The first-order valence-corrected chi connectivity index (χ1v) is 9.17. The second-order valence-electron chi connectivity index (χ2n) is 6.84. The molecule has 1 N–H and O–H groups in total. The molecule has 1 atom stereocenters. The Morgan fingerprint density at radius 3 is 2.00 bits per heavy atom. The second-order valence-corrected chi connectivity index (χ2v) is 6.84. The van der Waals surface area contributed by atoms with Crippen LogP contribution in [0.1, 0.15) is 28.2 Å². The minimum Gasteiger partial charge on any atom is -0.497 e. The number of rotatable bonds is 7. The van der Waals surface area contributed by atoms with Gasteiger partial charge in [0.15, 0.2) is 0 Å². The number of carbonyl (C=O) groups is 1. The molecule has 28 heavy (non-hydrogen) atoms. The highest BCUT2D eigenvalue weighted by Crippen LogP contribution is 2.30. The van der Waals surface area contributed by atoms with Gasteiger partial charge in [-0.15, -0.1) is 0 Å². The minimum absolute atomic E-state index is 0.408. The van der Waals surface area contributed by atoms with E-state index >= 15 is 0 Å². The van der Waals surface area contributed by atoms with Crippen LogP contribution in [0, 0.1) is 13.8 Å². The molecule has 0 aromatic heterocycles. The molecule has 0 aliphatic carbocycles. The fourth-order valence-electron chi connectivity index (χ4n) is 3.19. The maximum absolute atomic E-state index is 11.8. The van der Waals surface area contributed by atoms with Crippen molar-refractivity contribution in [2.75, 3.05) is 7.11 Å². The molecule has 144 valence electrons. The summed E-state index contributed by atoms with van der Waals surface area (Å²) in [5.74, 6) is 0.840. The molecule has 4 nitrogen and oxygen atoms in total. The van der Waals surface area contributed by atoms with Gasteiger partial charge in [0, 0.05) is 0 Å². The van der Waals surface area contributed by atoms with E-state index in [0.717, 1.165) is 33.8 Å². The van der Waals surface area contributed by atoms with Gasteiger partial charge in [0.1, 0.15) is 17.2 Å². The van der Waals surface area contributed by atoms with E-state index in [4.69, 9.17) is 9.47 Å². The minimum atomic E-state index is -0.846. The average Bonchev–Trinajstić information content (AvgIpc) is 2.70. The second kappa shape index (κ2) is 8.61. The molecule has 0 aliphatic rings. The Morgan fingerprint density at radius 2 is 1.46 bits per heavy atom. The van der Waals surface area contributed by atoms with E-state index in [0.29, 0.717) is 12.2 Å². The van der Waals surface area contributed by atoms with Crippen molar-refractivity contribution < 1.29 is 19.4 Å². The van der Waals surface area contributed by atoms with Crippen molar-refractivity contribution in [2.24, 2.45) is 0 Å². The quantitative estimate of drug-likeness (QED) is 0.590. The summed E-state index contributed by atoms with van der Waals surface area (Å²) in [6.45, 7) is 4.03. The third-order valence-corrected chi connectivity index (χ3v) is 4.81. The molecule has 4 heteroatoms. The maximum atomic E-state index is 11.8. The summed E-state index contributed by atoms with van der Waals surface area (Å²) in [4.78, 5) is 11.8. The SMILES string of the molecule is COc1ccc(C(Cc2ccc(Oc3c(C)cccc3C)cc2)C(=O)O)cc1. The normalized spacial score (nSPS) is 11.7. The van der Waals surface area contributed by atoms with E-state index in [9.17, 15) is 9.90 Å². The van der Waals surface area contributed by atoms with Gasteiger partial charge < -0.3 is 14.6 Å². The van der Waals surface area contributed by atoms with Gasteiger partial charge in [-0.3, -0.25) is 4.79 Å². The van der Waals surface area contributed by atoms with E-state index in [1.54, 1.807) is 31.4 Å². The third kappa shape index (κ3) is 4.52. The van der Waals surface area contributed by atoms with Crippen molar-refractivity contribution in [1.29, 1.82) is 0 Å². The van der Waals surface area contributed by atoms with Gasteiger partial charge in [0.05, 0.1) is 13.0 Å². The van der Waals surface area contributed by atoms with Crippen molar-refractivity contribution in [3.05, 3.63) is 89.0 Å². The molecule has 0 heterocycles. The van der Waals surface area contributed by atoms with Gasteiger partial charge in [0.2, 0.25) is 0 Å². The van der Waals surface area contributed by atoms with E-state index in [1.807, 2.05) is 56.3 Å². The fourth-order valence-corrected chi connectivity index (χ4v) is 3.19. The van der Waals surface area contributed by atoms with Crippen LogP contribution in [-0.4, -0.2) is 18.2 Å². The number of ether oxygens (including phenoxy) is 2. The first-order valence-electron chi connectivity index (χ1n) is 9.17. The van der Waals surface area contributed by atoms with Crippen LogP contribution in [0.4, 0.5) is 0 Å². The molecular weight excluding hydrogens is 352 g/mol. The summed E-state index contributed by atoms with van der Waals surface area (Å²) in [5.41, 5.74) is 3.85. The van der Waals surface area contributed by atoms with Crippen molar-refractivity contribution in [3.8, 4) is 17.2 Å². The van der Waals surface area contributed by atoms with Crippen molar-refractivity contribution >= 4 is 5.97 Å². The Bertz CT molecular complexity index is 923. The fraction of sp³-hybridized carbons (Fsp3) is 0.208. The zero-order valence-corrected chi connectivity index (χ0v) is 16.3. The summed E-state index contributed by atoms with van der Waals surface area (Å²) < 4.78 is 11.2. The molecule has 0 bridgehead atoms. The van der Waals surface area contributed by atoms with Crippen LogP contribution < -0.4 is 9.47 Å². The van der Waals surface area contributed by atoms with Gasteiger partial charge in [-0.2, -0.15) is 0 Å². The van der Waals surface area contributed by atoms with Crippen molar-refractivity contribution in [1.82, 2.24) is 0 Å². The molecule has 1 unspecified atom stereocenters. The summed E-state index contributed by atoms with van der Waals surface area (Å²) in [7, 11) is 1.59. The molecule has 0 fully saturated rings. The summed E-state index contributed by atoms with van der Waals surface area (Å²) in [6, 6.07) is 20.8. The van der Waals surface area contributed by atoms with Gasteiger partial charge in [-0.1, -0.05) is 42.5 Å². The molecule has 3 aromatic carbocycles. The molecule has 0 saturated carbocycles. The predicted molar refractivity (Wildman–Crippen MR) is 110 cm³/mol. The monoisotopic (exact) mass is 376 g/mol. The Balaban J connectivity index is 1.75. The lowest BCUT2D eigenvalue weighted by atomic mass is 9.92. The molecule has 0 aliphatic heterocycles. The van der Waals surface area contributed by atoms with E-state index < -0.39 is 11.9 Å². The third-order valence-electron chi connectivity index (χ3n) is 4.81. The molecular formula is C24H24O4. The van der Waals surface area contributed by atoms with E-state index in [2.05, 4.69) is 0 Å². The lowest BCUT2D eigenvalue weighted by Gasteiger charge is -2.15. The Morgan fingerprint density at radius 1 is 0.893 bits per heavy atom. The van der Waals surface area contributed by atoms with Crippen molar-refractivity contribution in [3.63, 3.8) is 0 Å². The molecule has 3 rings (SSSR count). The van der Waals surface area contributed by atoms with E-state index in [-0.39, 0.29) is 0 Å². The summed E-state index contributed by atoms with van der Waals surface area (Å²) in [5, 5.41) is 9.67. The number of hydrogen-bond donors (Lipinski definition) is 1. The smallest absolute Gasteiger partial charge is 0.311 e. The van der Waals surface area contributed by atoms with Gasteiger partial charge in [0.25, 0.3) is 0 Å². The van der Waals surface area contributed by atoms with Crippen LogP contribution >= 0.6 is 0 Å². The molecule has 0 radical (unpaired) electrons. The molecule has 0 saturated heterocycles. The number of aryl methyl sites for hydroxylation is 2. The topological polar surface area (TPSA) is 55.8 Å². The van der Waals surface area contributed by atoms with Crippen LogP contribution in [0.5, 0.6) is 17.2 Å². The number of carboxylic acid groups (broad SMARTS) is 1. The first-order chi connectivity index (χ1) is 13.5. The van der Waals surface area contributed by atoms with Crippen LogP contribution in [0.2, 0.25) is 0 Å². The molecule has 0 spiro atoms. The molecule has 0 amide bonds. The highest BCUT2D eigenvalue weighted by Gasteiger charge is 2.20. The number of benzene rings is 3. The lowest BCUT2D eigenvalue weighted by molar-refractivity contribution is -0.138. The van der Waals surface area contributed by atoms with Crippen LogP contribution in [0.25, 0.3) is 0 Å². The Kier molecular flexibility index (Phi) is 5.99. The zero-order valence-electron chi connectivity index (χ0n) is 16.3. The Hall–Kier alpha value is -3.27. The number of aliphatic carboxylic acids is 1. The Labute approximate surface area is 165 Å². The van der Waals surface area contributed by atoms with Gasteiger partial charge in [-0.05, 0) is 66.8 Å². The maximum Gasteiger partial charge on any atom is 0.311 e. The van der Waals surface area contributed by atoms with Crippen molar-refractivity contribution in [2.45, 2.75) is 26.2 Å². The standard InChI is InChI=1S/C24H24O4/c1-16-5-4-6-17(2)23(16)28-21-11-7-18(8-12-21)15-22(24(25)26)19-9-13-20(27-3)14-10-19/h4-14,22H,15H2,1-3H3,(H,25,26). The summed E-state index contributed by atoms with van der Waals surface area (Å²) >= 11 is 0. The zero-order chi connectivity index (χ0) is 20.1. The number of hydrogen-bond acceptors (Lipinski definition) is 3. The number of methoxy groups -OCH3 is 1. The molecule has 3 aromatic rings. The van der Waals surface area contributed by atoms with Crippen LogP contribution in [0.3, 0.4) is 0 Å². The van der Waals surface area contributed by atoms with Crippen LogP contribution in [-0.2, 0) is 11.2 Å². The highest BCUT2D eigenvalue weighted by molar-refractivity contribution is 5.76. The average molecular weight is 376 g/mol. The van der Waals surface area contributed by atoms with Gasteiger partial charge in [-0.25, -0.2) is 0 Å². The highest BCUT2D eigenvalue weighted by atomic mass is 16.5. The van der Waals surface area contributed by atoms with E-state index in [1.165, 1.54) is 0 Å². The van der Waals surface area contributed by atoms with Crippen LogP contribution in [0.15, 0.2) is 66.7 Å². The number of para-hydroxylation sites is 1. The predicted octanol–water partition coefficient (Wildman–Crippen LogP) is 5.52. The largest absolute Gasteiger partial charge is 0.497 e. The lowest BCUT2D eigenvalue weighted by Crippen LogP contribution is -2.14. The summed E-state index contributed by atoms with van der Waals surface area (Å²) in [6.07, 6.45) is 0.408.